The number of nitrogens with one attached hydrogen (secondary N) is 1. The van der Waals surface area contributed by atoms with E-state index in [4.69, 9.17) is 9.15 Å². The second kappa shape index (κ2) is 8.18. The molecular weight excluding hydrogens is 320 g/mol. The van der Waals surface area contributed by atoms with Gasteiger partial charge in [-0.1, -0.05) is 30.3 Å². The lowest BCUT2D eigenvalue weighted by Gasteiger charge is -2.37. The average molecular weight is 344 g/mol. The quantitative estimate of drug-likeness (QED) is 0.875. The maximum Gasteiger partial charge on any atom is 0.318 e. The van der Waals surface area contributed by atoms with Gasteiger partial charge in [0, 0.05) is 13.0 Å². The second-order valence-corrected chi connectivity index (χ2v) is 6.27. The van der Waals surface area contributed by atoms with Crippen LogP contribution in [0.15, 0.2) is 53.1 Å². The molecule has 1 aromatic carbocycles. The minimum atomic E-state index is -0.761. The average Bonchev–Trinajstić information content (AvgIpc) is 3.17. The van der Waals surface area contributed by atoms with Crippen molar-refractivity contribution in [3.8, 4) is 0 Å². The standard InChI is InChI=1S/C19H24N2O4/c1-14(15-6-3-2-4-7-15)20-19(23)21-9-11-24-13-16(21)12-17(22)18-8-5-10-25-18/h2-8,10,14,16-17,22H,9,11-13H2,1H3,(H,20,23). The van der Waals surface area contributed by atoms with Gasteiger partial charge in [0.25, 0.3) is 0 Å². The SMILES string of the molecule is CC(NC(=O)N1CCOCC1CC(O)c1ccco1)c1ccccc1. The number of morpholine rings is 1. The summed E-state index contributed by atoms with van der Waals surface area (Å²) < 4.78 is 10.8. The number of rotatable bonds is 5. The molecule has 2 amide bonds. The molecule has 2 heterocycles. The molecule has 0 saturated carbocycles. The third-order valence-electron chi connectivity index (χ3n) is 4.49. The molecule has 1 saturated heterocycles. The van der Waals surface area contributed by atoms with Gasteiger partial charge in [-0.2, -0.15) is 0 Å². The zero-order valence-corrected chi connectivity index (χ0v) is 14.3. The van der Waals surface area contributed by atoms with Gasteiger partial charge in [0.15, 0.2) is 0 Å². The zero-order chi connectivity index (χ0) is 17.6. The first-order valence-corrected chi connectivity index (χ1v) is 8.56. The maximum atomic E-state index is 12.7. The number of ether oxygens (including phenoxy) is 1. The Bertz CT molecular complexity index is 659. The summed E-state index contributed by atoms with van der Waals surface area (Å²) in [6.07, 6.45) is 1.14. The minimum absolute atomic E-state index is 0.0906. The number of aliphatic hydroxyl groups is 1. The third kappa shape index (κ3) is 4.41. The second-order valence-electron chi connectivity index (χ2n) is 6.27. The van der Waals surface area contributed by atoms with E-state index >= 15 is 0 Å². The fourth-order valence-corrected chi connectivity index (χ4v) is 3.07. The van der Waals surface area contributed by atoms with E-state index in [2.05, 4.69) is 5.32 Å². The van der Waals surface area contributed by atoms with Gasteiger partial charge in [0.2, 0.25) is 0 Å². The molecule has 134 valence electrons. The highest BCUT2D eigenvalue weighted by Gasteiger charge is 2.30. The van der Waals surface area contributed by atoms with Crippen molar-refractivity contribution < 1.29 is 19.1 Å². The van der Waals surface area contributed by atoms with Crippen LogP contribution < -0.4 is 5.32 Å². The van der Waals surface area contributed by atoms with Gasteiger partial charge < -0.3 is 24.5 Å². The van der Waals surface area contributed by atoms with Crippen molar-refractivity contribution in [3.63, 3.8) is 0 Å². The molecule has 2 N–H and O–H groups in total. The van der Waals surface area contributed by atoms with E-state index in [9.17, 15) is 9.90 Å². The number of hydrogen-bond donors (Lipinski definition) is 2. The van der Waals surface area contributed by atoms with Crippen LogP contribution in [0.2, 0.25) is 0 Å². The van der Waals surface area contributed by atoms with Crippen LogP contribution in [0, 0.1) is 0 Å². The molecule has 25 heavy (non-hydrogen) atoms. The first-order valence-electron chi connectivity index (χ1n) is 8.56. The molecule has 2 aromatic rings. The molecule has 1 aliphatic rings. The number of nitrogens with zero attached hydrogens (tertiary/aromatic N) is 1. The van der Waals surface area contributed by atoms with Crippen LogP contribution in [0.5, 0.6) is 0 Å². The number of hydrogen-bond acceptors (Lipinski definition) is 4. The van der Waals surface area contributed by atoms with Gasteiger partial charge >= 0.3 is 6.03 Å². The van der Waals surface area contributed by atoms with Crippen molar-refractivity contribution in [2.24, 2.45) is 0 Å². The van der Waals surface area contributed by atoms with Gasteiger partial charge in [-0.3, -0.25) is 0 Å². The van der Waals surface area contributed by atoms with Gasteiger partial charge in [0.05, 0.1) is 31.6 Å². The number of benzene rings is 1. The lowest BCUT2D eigenvalue weighted by Crippen LogP contribution is -2.53. The zero-order valence-electron chi connectivity index (χ0n) is 14.3. The Morgan fingerprint density at radius 3 is 2.84 bits per heavy atom. The Morgan fingerprint density at radius 2 is 2.12 bits per heavy atom. The van der Waals surface area contributed by atoms with Crippen molar-refractivity contribution in [2.75, 3.05) is 19.8 Å². The monoisotopic (exact) mass is 344 g/mol. The van der Waals surface area contributed by atoms with E-state index in [0.29, 0.717) is 31.9 Å². The number of carbonyl (C=O) groups is 1. The Hall–Kier alpha value is -2.31. The lowest BCUT2D eigenvalue weighted by atomic mass is 10.1. The first-order chi connectivity index (χ1) is 12.1. The highest BCUT2D eigenvalue weighted by molar-refractivity contribution is 5.75. The smallest absolute Gasteiger partial charge is 0.318 e. The van der Waals surface area contributed by atoms with Crippen LogP contribution in [0.25, 0.3) is 0 Å². The molecule has 1 fully saturated rings. The summed E-state index contributed by atoms with van der Waals surface area (Å²) in [7, 11) is 0. The van der Waals surface area contributed by atoms with Crippen molar-refractivity contribution in [3.05, 3.63) is 60.1 Å². The number of carbonyl (C=O) groups excluding carboxylic acids is 1. The van der Waals surface area contributed by atoms with Crippen molar-refractivity contribution in [1.29, 1.82) is 0 Å². The van der Waals surface area contributed by atoms with Gasteiger partial charge in [-0.25, -0.2) is 4.79 Å². The topological polar surface area (TPSA) is 74.9 Å². The van der Waals surface area contributed by atoms with Crippen molar-refractivity contribution in [2.45, 2.75) is 31.5 Å². The summed E-state index contributed by atoms with van der Waals surface area (Å²) in [5.41, 5.74) is 1.05. The highest BCUT2D eigenvalue weighted by Crippen LogP contribution is 2.23. The van der Waals surface area contributed by atoms with Crippen LogP contribution in [-0.4, -0.2) is 41.8 Å². The summed E-state index contributed by atoms with van der Waals surface area (Å²) in [4.78, 5) is 14.5. The van der Waals surface area contributed by atoms with E-state index in [0.717, 1.165) is 5.56 Å². The van der Waals surface area contributed by atoms with Gasteiger partial charge in [0.1, 0.15) is 11.9 Å². The van der Waals surface area contributed by atoms with Gasteiger partial charge in [-0.15, -0.1) is 0 Å². The number of furan rings is 1. The molecule has 0 aliphatic carbocycles. The molecule has 3 atom stereocenters. The molecule has 1 aliphatic heterocycles. The van der Waals surface area contributed by atoms with Crippen LogP contribution in [-0.2, 0) is 4.74 Å². The molecule has 0 radical (unpaired) electrons. The molecule has 3 unspecified atom stereocenters. The van der Waals surface area contributed by atoms with E-state index < -0.39 is 6.10 Å². The molecular formula is C19H24N2O4. The molecule has 6 heteroatoms. The predicted molar refractivity (Wildman–Crippen MR) is 93.0 cm³/mol. The van der Waals surface area contributed by atoms with Crippen molar-refractivity contribution in [1.82, 2.24) is 10.2 Å². The number of aliphatic hydroxyl groups excluding tert-OH is 1. The third-order valence-corrected chi connectivity index (χ3v) is 4.49. The van der Waals surface area contributed by atoms with Crippen LogP contribution in [0.3, 0.4) is 0 Å². The first kappa shape index (κ1) is 17.5. The fraction of sp³-hybridized carbons (Fsp3) is 0.421. The van der Waals surface area contributed by atoms with Gasteiger partial charge in [-0.05, 0) is 24.6 Å². The molecule has 3 rings (SSSR count). The summed E-state index contributed by atoms with van der Waals surface area (Å²) >= 11 is 0. The Morgan fingerprint density at radius 1 is 1.32 bits per heavy atom. The highest BCUT2D eigenvalue weighted by atomic mass is 16.5. The van der Waals surface area contributed by atoms with Crippen LogP contribution in [0.4, 0.5) is 4.79 Å². The predicted octanol–water partition coefficient (Wildman–Crippen LogP) is 2.87. The minimum Gasteiger partial charge on any atom is -0.467 e. The van der Waals surface area contributed by atoms with E-state index in [1.165, 1.54) is 6.26 Å². The number of amides is 2. The van der Waals surface area contributed by atoms with Crippen molar-refractivity contribution >= 4 is 6.03 Å². The normalized spacial score (nSPS) is 20.1. The largest absolute Gasteiger partial charge is 0.467 e. The Kier molecular flexibility index (Phi) is 5.73. The summed E-state index contributed by atoms with van der Waals surface area (Å²) in [6, 6.07) is 12.9. The fourth-order valence-electron chi connectivity index (χ4n) is 3.07. The maximum absolute atomic E-state index is 12.7. The molecule has 1 aromatic heterocycles. The Balaban J connectivity index is 1.62. The summed E-state index contributed by atoms with van der Waals surface area (Å²) in [5.74, 6) is 0.503. The lowest BCUT2D eigenvalue weighted by molar-refractivity contribution is -0.0101. The Labute approximate surface area is 147 Å². The van der Waals surface area contributed by atoms with Crippen LogP contribution >= 0.6 is 0 Å². The van der Waals surface area contributed by atoms with E-state index in [1.807, 2.05) is 37.3 Å². The van der Waals surface area contributed by atoms with E-state index in [-0.39, 0.29) is 18.1 Å². The summed E-state index contributed by atoms with van der Waals surface area (Å²) in [5, 5.41) is 13.3. The summed E-state index contributed by atoms with van der Waals surface area (Å²) in [6.45, 7) is 3.37. The van der Waals surface area contributed by atoms with Crippen LogP contribution in [0.1, 0.15) is 36.8 Å². The molecule has 6 nitrogen and oxygen atoms in total. The number of urea groups is 1. The molecule has 0 spiro atoms. The van der Waals surface area contributed by atoms with E-state index in [1.54, 1.807) is 17.0 Å². The molecule has 0 bridgehead atoms.